The maximum Gasteiger partial charge on any atom is 0.522 e. The van der Waals surface area contributed by atoms with Gasteiger partial charge in [0.25, 0.3) is 5.91 Å². The first-order valence-corrected chi connectivity index (χ1v) is 11.0. The summed E-state index contributed by atoms with van der Waals surface area (Å²) in [6, 6.07) is 3.67. The highest BCUT2D eigenvalue weighted by atomic mass is 35.5. The average molecular weight is 508 g/mol. The number of nitrogens with zero attached hydrogens (tertiary/aromatic N) is 3. The zero-order valence-corrected chi connectivity index (χ0v) is 18.5. The molecule has 2 aromatic rings. The van der Waals surface area contributed by atoms with Gasteiger partial charge in [-0.05, 0) is 31.4 Å². The number of hydrogen-bond donors (Lipinski definition) is 2. The summed E-state index contributed by atoms with van der Waals surface area (Å²) < 4.78 is 65.6. The number of carbonyl (C=O) groups is 1. The van der Waals surface area contributed by atoms with E-state index in [1.54, 1.807) is 4.90 Å². The molecule has 0 bridgehead atoms. The smallest absolute Gasteiger partial charge is 0.484 e. The largest absolute Gasteiger partial charge is 0.522 e. The third-order valence-electron chi connectivity index (χ3n) is 5.48. The van der Waals surface area contributed by atoms with Gasteiger partial charge in [-0.15, -0.1) is 18.3 Å². The molecule has 1 amide bonds. The van der Waals surface area contributed by atoms with Gasteiger partial charge in [0.2, 0.25) is 5.89 Å². The van der Waals surface area contributed by atoms with Crippen LogP contribution in [0, 0.1) is 5.82 Å². The van der Waals surface area contributed by atoms with Crippen LogP contribution in [0.2, 0.25) is 5.02 Å². The van der Waals surface area contributed by atoms with E-state index < -0.39 is 18.3 Å². The summed E-state index contributed by atoms with van der Waals surface area (Å²) in [6.45, 7) is 0.495. The number of halogens is 5. The van der Waals surface area contributed by atoms with Crippen molar-refractivity contribution in [3.05, 3.63) is 34.9 Å². The van der Waals surface area contributed by atoms with Crippen LogP contribution in [0.5, 0.6) is 5.75 Å². The Balaban J connectivity index is 1.20. The van der Waals surface area contributed by atoms with Gasteiger partial charge in [-0.2, -0.15) is 0 Å². The molecule has 2 aliphatic heterocycles. The van der Waals surface area contributed by atoms with Gasteiger partial charge in [0.15, 0.2) is 6.61 Å². The number of rotatable bonds is 7. The lowest BCUT2D eigenvalue weighted by Crippen LogP contribution is -2.48. The molecule has 2 aliphatic rings. The van der Waals surface area contributed by atoms with E-state index in [4.69, 9.17) is 20.8 Å². The maximum atomic E-state index is 13.4. The Kier molecular flexibility index (Phi) is 7.43. The molecule has 4 rings (SSSR count). The van der Waals surface area contributed by atoms with Gasteiger partial charge in [0, 0.05) is 31.7 Å². The molecular weight excluding hydrogens is 486 g/mol. The van der Waals surface area contributed by atoms with Crippen molar-refractivity contribution in [2.75, 3.05) is 31.1 Å². The second-order valence-electron chi connectivity index (χ2n) is 8.01. The Hall–Kier alpha value is -2.64. The lowest BCUT2D eigenvalue weighted by atomic mass is 10.0. The van der Waals surface area contributed by atoms with Crippen molar-refractivity contribution < 1.29 is 36.2 Å². The number of carbonyl (C=O) groups excluding carboxylic acids is 1. The minimum atomic E-state index is -4.68. The lowest BCUT2D eigenvalue weighted by molar-refractivity contribution is -0.339. The second kappa shape index (κ2) is 10.3. The van der Waals surface area contributed by atoms with Crippen LogP contribution in [-0.2, 0) is 9.53 Å². The molecular formula is C20H22ClF4N5O4. The fraction of sp³-hybridized carbons (Fsp3) is 0.550. The standard InChI is InChI=1S/C20H22ClF4N5O4/c21-14-3-2-12(7-15(14)22)32-10-17(31)27-11-1-4-16(26-8-11)18-28-29-19(33-18)30-6-5-13(9-30)34-20(23,24)25/h2-3,7,11,13,16,26H,1,4-6,8-10H2,(H,27,31)/t11-,13+,16+/m0/s1. The van der Waals surface area contributed by atoms with Crippen LogP contribution in [0.15, 0.2) is 22.6 Å². The third kappa shape index (κ3) is 6.48. The monoisotopic (exact) mass is 507 g/mol. The Morgan fingerprint density at radius 2 is 2.12 bits per heavy atom. The Morgan fingerprint density at radius 3 is 2.82 bits per heavy atom. The SMILES string of the molecule is O=C(COc1ccc(Cl)c(F)c1)N[C@H]1CC[C@H](c2nnc(N3CC[C@@H](OC(F)(F)F)C3)o2)NC1. The molecule has 1 aromatic carbocycles. The fourth-order valence-electron chi connectivity index (χ4n) is 3.86. The zero-order chi connectivity index (χ0) is 24.3. The van der Waals surface area contributed by atoms with Crippen LogP contribution < -0.4 is 20.3 Å². The quantitative estimate of drug-likeness (QED) is 0.552. The molecule has 0 saturated carbocycles. The van der Waals surface area contributed by atoms with Crippen molar-refractivity contribution in [2.24, 2.45) is 0 Å². The molecule has 0 aliphatic carbocycles. The number of aromatic nitrogens is 2. The van der Waals surface area contributed by atoms with Gasteiger partial charge in [-0.1, -0.05) is 16.7 Å². The van der Waals surface area contributed by atoms with Crippen LogP contribution in [0.1, 0.15) is 31.2 Å². The molecule has 34 heavy (non-hydrogen) atoms. The fourth-order valence-corrected chi connectivity index (χ4v) is 3.98. The first-order chi connectivity index (χ1) is 16.2. The Morgan fingerprint density at radius 1 is 1.29 bits per heavy atom. The first kappa shape index (κ1) is 24.5. The van der Waals surface area contributed by atoms with Crippen LogP contribution in [0.4, 0.5) is 23.6 Å². The molecule has 3 heterocycles. The summed E-state index contributed by atoms with van der Waals surface area (Å²) in [5, 5.41) is 14.0. The summed E-state index contributed by atoms with van der Waals surface area (Å²) in [4.78, 5) is 13.7. The van der Waals surface area contributed by atoms with Crippen molar-refractivity contribution in [2.45, 2.75) is 43.8 Å². The maximum absolute atomic E-state index is 13.4. The topological polar surface area (TPSA) is 102 Å². The number of alkyl halides is 3. The van der Waals surface area contributed by atoms with Gasteiger partial charge in [-0.25, -0.2) is 4.39 Å². The molecule has 2 saturated heterocycles. The highest BCUT2D eigenvalue weighted by molar-refractivity contribution is 6.30. The predicted molar refractivity (Wildman–Crippen MR) is 111 cm³/mol. The molecule has 14 heteroatoms. The van der Waals surface area contributed by atoms with E-state index in [0.717, 1.165) is 6.07 Å². The summed E-state index contributed by atoms with van der Waals surface area (Å²) in [6.07, 6.45) is -4.23. The van der Waals surface area contributed by atoms with Gasteiger partial charge < -0.3 is 24.7 Å². The first-order valence-electron chi connectivity index (χ1n) is 10.6. The molecule has 2 N–H and O–H groups in total. The average Bonchev–Trinajstić information content (AvgIpc) is 3.44. The third-order valence-corrected chi connectivity index (χ3v) is 5.79. The number of hydrogen-bond acceptors (Lipinski definition) is 8. The number of piperidine rings is 1. The number of ether oxygens (including phenoxy) is 2. The van der Waals surface area contributed by atoms with Gasteiger partial charge in [-0.3, -0.25) is 9.53 Å². The molecule has 0 radical (unpaired) electrons. The predicted octanol–water partition coefficient (Wildman–Crippen LogP) is 2.97. The van der Waals surface area contributed by atoms with E-state index in [9.17, 15) is 22.4 Å². The van der Waals surface area contributed by atoms with Crippen molar-refractivity contribution in [1.82, 2.24) is 20.8 Å². The summed E-state index contributed by atoms with van der Waals surface area (Å²) in [5.74, 6) is -0.468. The van der Waals surface area contributed by atoms with E-state index in [1.165, 1.54) is 12.1 Å². The molecule has 1 aromatic heterocycles. The van der Waals surface area contributed by atoms with E-state index >= 15 is 0 Å². The van der Waals surface area contributed by atoms with Crippen LogP contribution >= 0.6 is 11.6 Å². The minimum Gasteiger partial charge on any atom is -0.484 e. The highest BCUT2D eigenvalue weighted by Gasteiger charge is 2.38. The second-order valence-corrected chi connectivity index (χ2v) is 8.42. The van der Waals surface area contributed by atoms with Crippen molar-refractivity contribution in [3.8, 4) is 5.75 Å². The molecule has 0 spiro atoms. The van der Waals surface area contributed by atoms with Gasteiger partial charge in [0.05, 0.1) is 17.2 Å². The van der Waals surface area contributed by atoms with E-state index in [1.807, 2.05) is 0 Å². The van der Waals surface area contributed by atoms with Crippen LogP contribution in [0.3, 0.4) is 0 Å². The van der Waals surface area contributed by atoms with E-state index in [2.05, 4.69) is 25.6 Å². The van der Waals surface area contributed by atoms with Crippen molar-refractivity contribution >= 4 is 23.5 Å². The van der Waals surface area contributed by atoms with Crippen LogP contribution in [-0.4, -0.2) is 60.9 Å². The number of benzene rings is 1. The minimum absolute atomic E-state index is 0.0120. The van der Waals surface area contributed by atoms with Crippen LogP contribution in [0.25, 0.3) is 0 Å². The highest BCUT2D eigenvalue weighted by Crippen LogP contribution is 2.29. The molecule has 2 fully saturated rings. The Bertz CT molecular complexity index is 1000. The van der Waals surface area contributed by atoms with Gasteiger partial charge >= 0.3 is 12.4 Å². The lowest BCUT2D eigenvalue weighted by Gasteiger charge is -2.28. The number of nitrogens with one attached hydrogen (secondary N) is 2. The zero-order valence-electron chi connectivity index (χ0n) is 17.8. The molecule has 0 unspecified atom stereocenters. The molecule has 186 valence electrons. The normalized spacial score (nSPS) is 23.2. The summed E-state index contributed by atoms with van der Waals surface area (Å²) in [7, 11) is 0. The van der Waals surface area contributed by atoms with Crippen molar-refractivity contribution in [3.63, 3.8) is 0 Å². The number of anilines is 1. The van der Waals surface area contributed by atoms with E-state index in [-0.39, 0.29) is 54.4 Å². The summed E-state index contributed by atoms with van der Waals surface area (Å²) in [5.41, 5.74) is 0. The molecule has 9 nitrogen and oxygen atoms in total. The molecule has 3 atom stereocenters. The van der Waals surface area contributed by atoms with Gasteiger partial charge in [0.1, 0.15) is 11.6 Å². The van der Waals surface area contributed by atoms with Crippen molar-refractivity contribution in [1.29, 1.82) is 0 Å². The Labute approximate surface area is 196 Å². The number of amides is 1. The summed E-state index contributed by atoms with van der Waals surface area (Å²) >= 11 is 5.61. The van der Waals surface area contributed by atoms with E-state index in [0.29, 0.717) is 31.8 Å².